The van der Waals surface area contributed by atoms with Crippen molar-refractivity contribution in [1.29, 1.82) is 0 Å². The van der Waals surface area contributed by atoms with E-state index in [9.17, 15) is 14.7 Å². The summed E-state index contributed by atoms with van der Waals surface area (Å²) < 4.78 is 11.5. The summed E-state index contributed by atoms with van der Waals surface area (Å²) >= 11 is 0. The molecule has 0 saturated carbocycles. The number of hydrogen-bond donors (Lipinski definition) is 1. The summed E-state index contributed by atoms with van der Waals surface area (Å²) in [7, 11) is 4.39. The third-order valence-electron chi connectivity index (χ3n) is 12.6. The van der Waals surface area contributed by atoms with Gasteiger partial charge in [0.2, 0.25) is 0 Å². The number of piperazine rings is 1. The number of ether oxygens (including phenoxy) is 2. The number of likely N-dealkylation sites (N-methyl/N-ethyl adjacent to an activating group) is 1. The first-order valence-corrected chi connectivity index (χ1v) is 21.3. The van der Waals surface area contributed by atoms with Crippen LogP contribution in [0.1, 0.15) is 70.1 Å². The highest BCUT2D eigenvalue weighted by molar-refractivity contribution is 5.87. The average molecular weight is 814 g/mol. The highest BCUT2D eigenvalue weighted by Crippen LogP contribution is 2.39. The maximum Gasteiger partial charge on any atom is 0.333 e. The number of hydrogen-bond acceptors (Lipinski definition) is 10. The van der Waals surface area contributed by atoms with E-state index in [0.29, 0.717) is 62.1 Å². The molecule has 0 spiro atoms. The Hall–Kier alpha value is -5.29. The van der Waals surface area contributed by atoms with Crippen LogP contribution in [-0.2, 0) is 27.2 Å². The van der Waals surface area contributed by atoms with Gasteiger partial charge in [-0.15, -0.1) is 0 Å². The van der Waals surface area contributed by atoms with Gasteiger partial charge in [0.15, 0.2) is 5.75 Å². The van der Waals surface area contributed by atoms with Gasteiger partial charge >= 0.3 is 11.9 Å². The molecule has 1 saturated heterocycles. The summed E-state index contributed by atoms with van der Waals surface area (Å²) in [5.74, 6) is -0.325. The van der Waals surface area contributed by atoms with E-state index >= 15 is 0 Å². The van der Waals surface area contributed by atoms with Crippen LogP contribution < -0.4 is 25.2 Å². The molecule has 0 bridgehead atoms. The molecule has 60 heavy (non-hydrogen) atoms. The molecule has 1 N–H and O–H groups in total. The van der Waals surface area contributed by atoms with Crippen LogP contribution in [0.25, 0.3) is 6.08 Å². The van der Waals surface area contributed by atoms with Gasteiger partial charge in [-0.2, -0.15) is 5.10 Å². The number of aliphatic hydroxyl groups excluding tert-OH is 1. The fourth-order valence-corrected chi connectivity index (χ4v) is 8.54. The molecule has 4 aromatic rings. The van der Waals surface area contributed by atoms with Crippen LogP contribution in [0.4, 0.5) is 11.4 Å². The van der Waals surface area contributed by atoms with E-state index in [0.717, 1.165) is 41.1 Å². The predicted octanol–water partition coefficient (Wildman–Crippen LogP) is 6.70. The zero-order chi connectivity index (χ0) is 43.0. The summed E-state index contributed by atoms with van der Waals surface area (Å²) in [6, 6.07) is 33.2. The Labute approximate surface area is 356 Å². The monoisotopic (exact) mass is 813 g/mol. The Morgan fingerprint density at radius 2 is 1.58 bits per heavy atom. The third kappa shape index (κ3) is 10.0. The Morgan fingerprint density at radius 3 is 2.25 bits per heavy atom. The van der Waals surface area contributed by atoms with Crippen molar-refractivity contribution in [2.75, 3.05) is 63.3 Å². The van der Waals surface area contributed by atoms with Gasteiger partial charge in [-0.1, -0.05) is 93.2 Å². The molecular formula is C50H63N5O5. The minimum atomic E-state index is -1.25. The third-order valence-corrected chi connectivity index (χ3v) is 12.6. The van der Waals surface area contributed by atoms with Crippen LogP contribution in [-0.4, -0.2) is 92.0 Å². The molecule has 4 aromatic carbocycles. The lowest BCUT2D eigenvalue weighted by molar-refractivity contribution is -0.161. The Morgan fingerprint density at radius 1 is 0.900 bits per heavy atom. The number of nitrogens with zero attached hydrogens (tertiary/aromatic N) is 5. The van der Waals surface area contributed by atoms with Crippen LogP contribution in [0, 0.1) is 5.41 Å². The highest BCUT2D eigenvalue weighted by Gasteiger charge is 2.43. The van der Waals surface area contributed by atoms with E-state index in [4.69, 9.17) is 14.6 Å². The Bertz CT molecular complexity index is 2230. The standard InChI is InChI=1S/C50H63N5O5/c1-9-50(52(7)8,35-39-16-11-10-12-17-39)37(4)40-22-24-42(25-23-40)53-29-31-54(32-30-53)47(57)49(5,6)48(58)60-45-26-21-38(27-33-59-46(56)36(2)3)34-44(45)55-28-15-19-41-18-13-14-20-43(41)51-55/h10-14,16-26,34,37,47,57H,2,9,15,27-33,35H2,1,3-8H3. The number of rotatable bonds is 16. The summed E-state index contributed by atoms with van der Waals surface area (Å²) in [4.78, 5) is 32.8. The smallest absolute Gasteiger partial charge is 0.333 e. The Balaban J connectivity index is 1.12. The van der Waals surface area contributed by atoms with Crippen LogP contribution in [0.2, 0.25) is 0 Å². The largest absolute Gasteiger partial charge is 0.462 e. The first kappa shape index (κ1) is 44.3. The second kappa shape index (κ2) is 19.4. The zero-order valence-electron chi connectivity index (χ0n) is 36.6. The van der Waals surface area contributed by atoms with Crippen molar-refractivity contribution in [1.82, 2.24) is 9.80 Å². The minimum absolute atomic E-state index is 0.0283. The van der Waals surface area contributed by atoms with Crippen molar-refractivity contribution in [2.24, 2.45) is 10.5 Å². The van der Waals surface area contributed by atoms with E-state index in [1.54, 1.807) is 26.8 Å². The van der Waals surface area contributed by atoms with E-state index < -0.39 is 23.6 Å². The Kier molecular flexibility index (Phi) is 14.3. The van der Waals surface area contributed by atoms with Crippen molar-refractivity contribution in [3.63, 3.8) is 0 Å². The second-order valence-electron chi connectivity index (χ2n) is 17.1. The van der Waals surface area contributed by atoms with Crippen molar-refractivity contribution < 1.29 is 24.2 Å². The first-order valence-electron chi connectivity index (χ1n) is 21.3. The molecule has 0 radical (unpaired) electrons. The lowest BCUT2D eigenvalue weighted by Crippen LogP contribution is -2.57. The maximum absolute atomic E-state index is 14.1. The number of carbonyl (C=O) groups is 2. The molecule has 3 atom stereocenters. The van der Waals surface area contributed by atoms with Crippen LogP contribution in [0.3, 0.4) is 0 Å². The van der Waals surface area contributed by atoms with Gasteiger partial charge in [0.25, 0.3) is 0 Å². The second-order valence-corrected chi connectivity index (χ2v) is 17.1. The quantitative estimate of drug-likeness (QED) is 0.0754. The van der Waals surface area contributed by atoms with E-state index in [-0.39, 0.29) is 12.1 Å². The van der Waals surface area contributed by atoms with Crippen molar-refractivity contribution in [3.8, 4) is 5.75 Å². The SMILES string of the molecule is C=C(C)C(=O)OCCc1ccc(OC(=O)C(C)(C)C(O)N2CCN(c3ccc(C(C)C(CC)(Cc4ccccc4)N(C)C)cc3)CC2)c(N2CCC=c3ccccc3=N2)c1. The molecule has 0 aliphatic carbocycles. The summed E-state index contributed by atoms with van der Waals surface area (Å²) in [6.45, 7) is 16.7. The molecule has 1 fully saturated rings. The molecule has 2 aliphatic rings. The van der Waals surface area contributed by atoms with E-state index in [2.05, 4.69) is 105 Å². The van der Waals surface area contributed by atoms with Crippen LogP contribution in [0.5, 0.6) is 5.75 Å². The number of anilines is 2. The molecule has 2 aliphatic heterocycles. The fourth-order valence-electron chi connectivity index (χ4n) is 8.54. The van der Waals surface area contributed by atoms with Crippen molar-refractivity contribution >= 4 is 29.4 Å². The molecule has 10 nitrogen and oxygen atoms in total. The predicted molar refractivity (Wildman–Crippen MR) is 240 cm³/mol. The summed E-state index contributed by atoms with van der Waals surface area (Å²) in [6.07, 6.45) is 4.27. The minimum Gasteiger partial charge on any atom is -0.462 e. The summed E-state index contributed by atoms with van der Waals surface area (Å²) in [5, 5.41) is 20.4. The number of benzene rings is 4. The molecule has 318 valence electrons. The summed E-state index contributed by atoms with van der Waals surface area (Å²) in [5.41, 5.74) is 4.39. The van der Waals surface area contributed by atoms with Gasteiger partial charge in [-0.3, -0.25) is 14.7 Å². The number of carbonyl (C=O) groups excluding carboxylic acids is 2. The molecule has 0 aromatic heterocycles. The van der Waals surface area contributed by atoms with Gasteiger partial charge in [-0.05, 0) is 112 Å². The molecule has 6 rings (SSSR count). The van der Waals surface area contributed by atoms with Crippen molar-refractivity contribution in [2.45, 2.75) is 78.0 Å². The molecule has 10 heteroatoms. The van der Waals surface area contributed by atoms with Gasteiger partial charge in [0, 0.05) is 55.9 Å². The number of aliphatic hydroxyl groups is 1. The maximum atomic E-state index is 14.1. The van der Waals surface area contributed by atoms with E-state index in [1.807, 2.05) is 46.3 Å². The van der Waals surface area contributed by atoms with Crippen molar-refractivity contribution in [3.05, 3.63) is 136 Å². The lowest BCUT2D eigenvalue weighted by atomic mass is 9.73. The molecular weight excluding hydrogens is 751 g/mol. The average Bonchev–Trinajstić information content (AvgIpc) is 3.48. The first-order chi connectivity index (χ1) is 28.7. The lowest BCUT2D eigenvalue weighted by Gasteiger charge is -2.45. The van der Waals surface area contributed by atoms with E-state index in [1.165, 1.54) is 11.1 Å². The topological polar surface area (TPSA) is 98.1 Å². The van der Waals surface area contributed by atoms with Crippen LogP contribution in [0.15, 0.2) is 114 Å². The van der Waals surface area contributed by atoms with Gasteiger partial charge in [-0.25, -0.2) is 4.79 Å². The van der Waals surface area contributed by atoms with Crippen LogP contribution >= 0.6 is 0 Å². The molecule has 2 heterocycles. The van der Waals surface area contributed by atoms with Gasteiger partial charge in [0.05, 0.1) is 12.0 Å². The molecule has 0 amide bonds. The highest BCUT2D eigenvalue weighted by atomic mass is 16.5. The van der Waals surface area contributed by atoms with Gasteiger partial charge in [0.1, 0.15) is 17.3 Å². The number of esters is 2. The molecule has 3 unspecified atom stereocenters. The number of fused-ring (bicyclic) bond motifs is 1. The normalized spacial score (nSPS) is 16.7. The zero-order valence-corrected chi connectivity index (χ0v) is 36.6. The fraction of sp³-hybridized carbons (Fsp3) is 0.420. The van der Waals surface area contributed by atoms with Gasteiger partial charge < -0.3 is 24.4 Å².